The number of phenolic OH excluding ortho intramolecular Hbond substituents is 2. The van der Waals surface area contributed by atoms with Gasteiger partial charge in [-0.3, -0.25) is 4.79 Å². The first-order valence-corrected chi connectivity index (χ1v) is 8.19. The molecule has 1 aliphatic rings. The first-order chi connectivity index (χ1) is 12.4. The number of benzene rings is 2. The van der Waals surface area contributed by atoms with Gasteiger partial charge in [-0.1, -0.05) is 24.3 Å². The zero-order chi connectivity index (χ0) is 18.9. The zero-order valence-corrected chi connectivity index (χ0v) is 14.2. The van der Waals surface area contributed by atoms with E-state index in [1.54, 1.807) is 31.2 Å². The first kappa shape index (κ1) is 17.5. The van der Waals surface area contributed by atoms with E-state index in [-0.39, 0.29) is 23.0 Å². The van der Waals surface area contributed by atoms with Gasteiger partial charge in [0.2, 0.25) is 0 Å². The van der Waals surface area contributed by atoms with Crippen molar-refractivity contribution in [2.45, 2.75) is 25.3 Å². The van der Waals surface area contributed by atoms with Gasteiger partial charge in [0.05, 0.1) is 6.07 Å². The van der Waals surface area contributed by atoms with Crippen LogP contribution in [0.2, 0.25) is 0 Å². The smallest absolute Gasteiger partial charge is 0.342 e. The van der Waals surface area contributed by atoms with Crippen molar-refractivity contribution < 1.29 is 24.5 Å². The molecule has 2 aromatic carbocycles. The Kier molecular flexibility index (Phi) is 4.43. The van der Waals surface area contributed by atoms with Crippen LogP contribution < -0.4 is 5.32 Å². The van der Waals surface area contributed by atoms with E-state index in [2.05, 4.69) is 11.4 Å². The van der Waals surface area contributed by atoms with Crippen LogP contribution in [0.1, 0.15) is 30.1 Å². The summed E-state index contributed by atoms with van der Waals surface area (Å²) in [6, 6.07) is 9.69. The Hall–Kier alpha value is -3.27. The molecule has 0 saturated heterocycles. The number of aromatic hydroxyl groups is 2. The van der Waals surface area contributed by atoms with Crippen molar-refractivity contribution >= 4 is 22.6 Å². The van der Waals surface area contributed by atoms with E-state index in [0.29, 0.717) is 10.8 Å². The van der Waals surface area contributed by atoms with E-state index in [4.69, 9.17) is 4.74 Å². The second kappa shape index (κ2) is 6.56. The Morgan fingerprint density at radius 2 is 1.96 bits per heavy atom. The summed E-state index contributed by atoms with van der Waals surface area (Å²) in [5.41, 5.74) is -1.22. The van der Waals surface area contributed by atoms with Gasteiger partial charge in [0.25, 0.3) is 5.91 Å². The molecule has 0 aromatic heterocycles. The van der Waals surface area contributed by atoms with Crippen molar-refractivity contribution in [1.29, 1.82) is 5.26 Å². The summed E-state index contributed by atoms with van der Waals surface area (Å²) in [5, 5.41) is 32.8. The number of ether oxygens (including phenoxy) is 1. The van der Waals surface area contributed by atoms with Gasteiger partial charge < -0.3 is 20.3 Å². The van der Waals surface area contributed by atoms with Gasteiger partial charge in [0, 0.05) is 10.8 Å². The van der Waals surface area contributed by atoms with Crippen LogP contribution in [0.25, 0.3) is 10.8 Å². The van der Waals surface area contributed by atoms with E-state index in [1.165, 1.54) is 0 Å². The third kappa shape index (κ3) is 3.26. The standard InChI is InChI=1S/C19H18N2O5/c1-19(10-20,11-6-7-11)21-16(23)9-26-18(25)14-8-15(22)12-4-2-3-5-13(12)17(14)24/h2-5,8,11,22,24H,6-7,9H2,1H3,(H,21,23)/t19-/m0/s1. The molecule has 3 N–H and O–H groups in total. The minimum absolute atomic E-state index is 0.105. The number of esters is 1. The van der Waals surface area contributed by atoms with Crippen LogP contribution in [-0.2, 0) is 9.53 Å². The molecule has 0 spiro atoms. The zero-order valence-electron chi connectivity index (χ0n) is 14.2. The molecule has 0 heterocycles. The van der Waals surface area contributed by atoms with Crippen molar-refractivity contribution in [3.05, 3.63) is 35.9 Å². The largest absolute Gasteiger partial charge is 0.507 e. The Labute approximate surface area is 149 Å². The van der Waals surface area contributed by atoms with Gasteiger partial charge in [-0.25, -0.2) is 4.79 Å². The number of hydrogen-bond acceptors (Lipinski definition) is 6. The van der Waals surface area contributed by atoms with Crippen LogP contribution in [-0.4, -0.2) is 34.2 Å². The Balaban J connectivity index is 1.71. The van der Waals surface area contributed by atoms with E-state index < -0.39 is 24.0 Å². The van der Waals surface area contributed by atoms with Gasteiger partial charge in [-0.2, -0.15) is 5.26 Å². The molecule has 1 atom stereocenters. The van der Waals surface area contributed by atoms with Crippen LogP contribution in [0, 0.1) is 17.2 Å². The minimum atomic E-state index is -0.979. The molecular weight excluding hydrogens is 336 g/mol. The number of hydrogen-bond donors (Lipinski definition) is 3. The lowest BCUT2D eigenvalue weighted by molar-refractivity contribution is -0.125. The molecule has 0 unspecified atom stereocenters. The molecule has 7 heteroatoms. The number of nitrogens with one attached hydrogen (secondary N) is 1. The minimum Gasteiger partial charge on any atom is -0.507 e. The van der Waals surface area contributed by atoms with Crippen LogP contribution in [0.15, 0.2) is 30.3 Å². The van der Waals surface area contributed by atoms with E-state index in [1.807, 2.05) is 0 Å². The van der Waals surface area contributed by atoms with E-state index >= 15 is 0 Å². The number of carbonyl (C=O) groups is 2. The summed E-state index contributed by atoms with van der Waals surface area (Å²) in [6.45, 7) is 1.05. The monoisotopic (exact) mass is 354 g/mol. The third-order valence-corrected chi connectivity index (χ3v) is 4.57. The molecule has 0 bridgehead atoms. The highest BCUT2D eigenvalue weighted by Crippen LogP contribution is 2.39. The average Bonchev–Trinajstić information content (AvgIpc) is 3.48. The SMILES string of the molecule is C[C@@](C#N)(NC(=O)COC(=O)c1cc(O)c2ccccc2c1O)C1CC1. The second-order valence-electron chi connectivity index (χ2n) is 6.55. The number of nitriles is 1. The maximum atomic E-state index is 12.2. The molecule has 1 saturated carbocycles. The van der Waals surface area contributed by atoms with Crippen molar-refractivity contribution in [3.63, 3.8) is 0 Å². The summed E-state index contributed by atoms with van der Waals surface area (Å²) in [4.78, 5) is 24.2. The van der Waals surface area contributed by atoms with Gasteiger partial charge in [0.1, 0.15) is 22.6 Å². The fraction of sp³-hybridized carbons (Fsp3) is 0.316. The van der Waals surface area contributed by atoms with E-state index in [0.717, 1.165) is 18.9 Å². The van der Waals surface area contributed by atoms with Crippen molar-refractivity contribution in [2.75, 3.05) is 6.61 Å². The molecule has 134 valence electrons. The molecule has 1 aliphatic carbocycles. The molecular formula is C19H18N2O5. The van der Waals surface area contributed by atoms with Crippen LogP contribution >= 0.6 is 0 Å². The van der Waals surface area contributed by atoms with Crippen molar-refractivity contribution in [3.8, 4) is 17.6 Å². The Bertz CT molecular complexity index is 929. The number of amides is 1. The molecule has 0 aliphatic heterocycles. The normalized spacial score (nSPS) is 15.7. The molecule has 2 aromatic rings. The fourth-order valence-corrected chi connectivity index (χ4v) is 2.91. The van der Waals surface area contributed by atoms with Gasteiger partial charge in [-0.05, 0) is 31.7 Å². The van der Waals surface area contributed by atoms with Gasteiger partial charge in [-0.15, -0.1) is 0 Å². The summed E-state index contributed by atoms with van der Waals surface area (Å²) in [6.07, 6.45) is 1.74. The Morgan fingerprint density at radius 1 is 1.31 bits per heavy atom. The molecule has 1 fully saturated rings. The van der Waals surface area contributed by atoms with E-state index in [9.17, 15) is 25.1 Å². The Morgan fingerprint density at radius 3 is 2.58 bits per heavy atom. The number of rotatable bonds is 5. The highest BCUT2D eigenvalue weighted by molar-refractivity contribution is 6.04. The number of fused-ring (bicyclic) bond motifs is 1. The number of nitrogens with zero attached hydrogens (tertiary/aromatic N) is 1. The summed E-state index contributed by atoms with van der Waals surface area (Å²) in [5.74, 6) is -1.94. The van der Waals surface area contributed by atoms with Crippen molar-refractivity contribution in [1.82, 2.24) is 5.32 Å². The number of phenols is 2. The summed E-state index contributed by atoms with van der Waals surface area (Å²) < 4.78 is 4.93. The predicted molar refractivity (Wildman–Crippen MR) is 92.4 cm³/mol. The summed E-state index contributed by atoms with van der Waals surface area (Å²) in [7, 11) is 0. The topological polar surface area (TPSA) is 120 Å². The van der Waals surface area contributed by atoms with Crippen LogP contribution in [0.5, 0.6) is 11.5 Å². The van der Waals surface area contributed by atoms with Crippen LogP contribution in [0.3, 0.4) is 0 Å². The lowest BCUT2D eigenvalue weighted by Gasteiger charge is -2.22. The molecule has 3 rings (SSSR count). The first-order valence-electron chi connectivity index (χ1n) is 8.19. The number of carbonyl (C=O) groups excluding carboxylic acids is 2. The average molecular weight is 354 g/mol. The second-order valence-corrected chi connectivity index (χ2v) is 6.55. The summed E-state index contributed by atoms with van der Waals surface area (Å²) >= 11 is 0. The molecule has 26 heavy (non-hydrogen) atoms. The lowest BCUT2D eigenvalue weighted by atomic mass is 9.98. The quantitative estimate of drug-likeness (QED) is 0.559. The highest BCUT2D eigenvalue weighted by Gasteiger charge is 2.43. The maximum Gasteiger partial charge on any atom is 0.342 e. The van der Waals surface area contributed by atoms with Crippen LogP contribution in [0.4, 0.5) is 0 Å². The molecule has 1 amide bonds. The predicted octanol–water partition coefficient (Wildman–Crippen LogP) is 2.22. The fourth-order valence-electron chi connectivity index (χ4n) is 2.91. The third-order valence-electron chi connectivity index (χ3n) is 4.57. The lowest BCUT2D eigenvalue weighted by Crippen LogP contribution is -2.48. The van der Waals surface area contributed by atoms with Gasteiger partial charge >= 0.3 is 5.97 Å². The van der Waals surface area contributed by atoms with Crippen molar-refractivity contribution in [2.24, 2.45) is 5.92 Å². The molecule has 7 nitrogen and oxygen atoms in total. The highest BCUT2D eigenvalue weighted by atomic mass is 16.5. The molecule has 0 radical (unpaired) electrons. The maximum absolute atomic E-state index is 12.2. The van der Waals surface area contributed by atoms with Gasteiger partial charge in [0.15, 0.2) is 6.61 Å².